The molecule has 1 unspecified atom stereocenters. The Balaban J connectivity index is 2.17. The number of carbonyl (C=O) groups is 2. The second-order valence-electron chi connectivity index (χ2n) is 4.97. The number of primary amides is 1. The zero-order valence-corrected chi connectivity index (χ0v) is 12.4. The Morgan fingerprint density at radius 2 is 1.74 bits per heavy atom. The number of hydrogen-bond donors (Lipinski definition) is 2. The summed E-state index contributed by atoms with van der Waals surface area (Å²) in [6, 6.07) is 12.2. The number of nitrogens with two attached hydrogens (primary N) is 1. The highest BCUT2D eigenvalue weighted by atomic mass is 16.6. The summed E-state index contributed by atoms with van der Waals surface area (Å²) in [4.78, 5) is 33.8. The molecule has 0 aliphatic heterocycles. The van der Waals surface area contributed by atoms with Crippen molar-refractivity contribution >= 4 is 23.2 Å². The zero-order valence-electron chi connectivity index (χ0n) is 12.4. The first-order valence-corrected chi connectivity index (χ1v) is 6.84. The number of rotatable bonds is 5. The molecular formula is C16H15N3O4. The fourth-order valence-electron chi connectivity index (χ4n) is 2.08. The Bertz CT molecular complexity index is 756. The molecule has 0 spiro atoms. The van der Waals surface area contributed by atoms with Gasteiger partial charge in [0.15, 0.2) is 0 Å². The van der Waals surface area contributed by atoms with Crippen LogP contribution >= 0.6 is 0 Å². The number of non-ortho nitro benzene ring substituents is 1. The summed E-state index contributed by atoms with van der Waals surface area (Å²) < 4.78 is 0. The fraction of sp³-hybridized carbons (Fsp3) is 0.125. The Morgan fingerprint density at radius 3 is 2.30 bits per heavy atom. The van der Waals surface area contributed by atoms with Gasteiger partial charge in [-0.15, -0.1) is 0 Å². The lowest BCUT2D eigenvalue weighted by molar-refractivity contribution is -0.384. The molecule has 0 aliphatic rings. The van der Waals surface area contributed by atoms with Crippen molar-refractivity contribution < 1.29 is 14.5 Å². The number of nitrogens with one attached hydrogen (secondary N) is 1. The van der Waals surface area contributed by atoms with E-state index in [2.05, 4.69) is 5.32 Å². The highest BCUT2D eigenvalue weighted by molar-refractivity contribution is 6.04. The molecule has 2 amide bonds. The van der Waals surface area contributed by atoms with Crippen LogP contribution in [0.2, 0.25) is 0 Å². The van der Waals surface area contributed by atoms with Crippen molar-refractivity contribution in [3.8, 4) is 0 Å². The van der Waals surface area contributed by atoms with Crippen LogP contribution in [0.1, 0.15) is 28.8 Å². The lowest BCUT2D eigenvalue weighted by Crippen LogP contribution is -2.22. The fourth-order valence-corrected chi connectivity index (χ4v) is 2.08. The number of nitrogens with zero attached hydrogens (tertiary/aromatic N) is 1. The first-order chi connectivity index (χ1) is 10.9. The van der Waals surface area contributed by atoms with Gasteiger partial charge in [0.2, 0.25) is 5.91 Å². The maximum absolute atomic E-state index is 12.3. The molecule has 23 heavy (non-hydrogen) atoms. The molecule has 0 aromatic heterocycles. The minimum Gasteiger partial charge on any atom is -0.366 e. The minimum atomic E-state index is -0.635. The lowest BCUT2D eigenvalue weighted by atomic mass is 9.99. The topological polar surface area (TPSA) is 115 Å². The summed E-state index contributed by atoms with van der Waals surface area (Å²) in [5, 5.41) is 13.3. The van der Waals surface area contributed by atoms with Crippen molar-refractivity contribution in [1.29, 1.82) is 0 Å². The number of anilines is 1. The third-order valence-corrected chi connectivity index (χ3v) is 3.45. The van der Waals surface area contributed by atoms with Crippen LogP contribution in [0.25, 0.3) is 0 Å². The summed E-state index contributed by atoms with van der Waals surface area (Å²) >= 11 is 0. The van der Waals surface area contributed by atoms with E-state index in [1.165, 1.54) is 30.3 Å². The third-order valence-electron chi connectivity index (χ3n) is 3.45. The van der Waals surface area contributed by atoms with Crippen molar-refractivity contribution in [2.75, 3.05) is 5.32 Å². The molecule has 1 atom stereocenters. The molecule has 0 saturated carbocycles. The van der Waals surface area contributed by atoms with Gasteiger partial charge in [-0.3, -0.25) is 19.7 Å². The Morgan fingerprint density at radius 1 is 1.13 bits per heavy atom. The highest BCUT2D eigenvalue weighted by Crippen LogP contribution is 2.22. The second-order valence-corrected chi connectivity index (χ2v) is 4.97. The smallest absolute Gasteiger partial charge is 0.269 e. The summed E-state index contributed by atoms with van der Waals surface area (Å²) in [6.45, 7) is 1.67. The zero-order chi connectivity index (χ0) is 17.0. The van der Waals surface area contributed by atoms with Gasteiger partial charge < -0.3 is 11.1 Å². The lowest BCUT2D eigenvalue weighted by Gasteiger charge is -2.14. The molecule has 7 nitrogen and oxygen atoms in total. The normalized spacial score (nSPS) is 11.5. The molecule has 3 N–H and O–H groups in total. The molecule has 2 aromatic carbocycles. The summed E-state index contributed by atoms with van der Waals surface area (Å²) in [5.74, 6) is -1.52. The van der Waals surface area contributed by atoms with E-state index in [9.17, 15) is 19.7 Å². The van der Waals surface area contributed by atoms with Gasteiger partial charge in [-0.1, -0.05) is 24.3 Å². The van der Waals surface area contributed by atoms with E-state index >= 15 is 0 Å². The molecule has 2 rings (SSSR count). The van der Waals surface area contributed by atoms with Gasteiger partial charge in [-0.2, -0.15) is 0 Å². The Hall–Kier alpha value is -3.22. The summed E-state index contributed by atoms with van der Waals surface area (Å²) in [6.07, 6.45) is 0. The first kappa shape index (κ1) is 16.2. The van der Waals surface area contributed by atoms with E-state index in [-0.39, 0.29) is 17.2 Å². The molecule has 0 aliphatic carbocycles. The maximum atomic E-state index is 12.3. The van der Waals surface area contributed by atoms with E-state index in [1.807, 2.05) is 0 Å². The van der Waals surface area contributed by atoms with Gasteiger partial charge in [0, 0.05) is 12.1 Å². The molecule has 0 saturated heterocycles. The van der Waals surface area contributed by atoms with E-state index in [4.69, 9.17) is 5.73 Å². The molecule has 0 heterocycles. The molecule has 118 valence electrons. The van der Waals surface area contributed by atoms with Gasteiger partial charge in [0.25, 0.3) is 11.6 Å². The van der Waals surface area contributed by atoms with Crippen LogP contribution in [0.3, 0.4) is 0 Å². The van der Waals surface area contributed by atoms with Gasteiger partial charge in [-0.05, 0) is 24.6 Å². The average Bonchev–Trinajstić information content (AvgIpc) is 2.54. The predicted molar refractivity (Wildman–Crippen MR) is 85.1 cm³/mol. The van der Waals surface area contributed by atoms with Crippen molar-refractivity contribution in [3.63, 3.8) is 0 Å². The number of hydrogen-bond acceptors (Lipinski definition) is 4. The van der Waals surface area contributed by atoms with Crippen LogP contribution in [0.5, 0.6) is 0 Å². The molecule has 0 fully saturated rings. The first-order valence-electron chi connectivity index (χ1n) is 6.84. The number of benzene rings is 2. The summed E-state index contributed by atoms with van der Waals surface area (Å²) in [7, 11) is 0. The third kappa shape index (κ3) is 3.70. The Kier molecular flexibility index (Phi) is 4.70. The maximum Gasteiger partial charge on any atom is 0.269 e. The molecule has 0 bridgehead atoms. The van der Waals surface area contributed by atoms with E-state index in [0.717, 1.165) is 0 Å². The highest BCUT2D eigenvalue weighted by Gasteiger charge is 2.18. The molecule has 7 heteroatoms. The van der Waals surface area contributed by atoms with Gasteiger partial charge in [-0.25, -0.2) is 0 Å². The number of amides is 2. The van der Waals surface area contributed by atoms with Crippen molar-refractivity contribution in [1.82, 2.24) is 0 Å². The number of carbonyl (C=O) groups excluding carboxylic acids is 2. The van der Waals surface area contributed by atoms with Gasteiger partial charge in [0.1, 0.15) is 0 Å². The monoisotopic (exact) mass is 313 g/mol. The SMILES string of the molecule is CC(C(=O)Nc1ccccc1C(N)=O)c1ccc([N+](=O)[O-])cc1. The van der Waals surface area contributed by atoms with Crippen molar-refractivity contribution in [3.05, 3.63) is 69.8 Å². The standard InChI is InChI=1S/C16H15N3O4/c1-10(11-6-8-12(9-7-11)19(22)23)16(21)18-14-5-3-2-4-13(14)15(17)20/h2-10H,1H3,(H2,17,20)(H,18,21). The minimum absolute atomic E-state index is 0.0413. The van der Waals surface area contributed by atoms with Crippen LogP contribution in [-0.4, -0.2) is 16.7 Å². The largest absolute Gasteiger partial charge is 0.366 e. The van der Waals surface area contributed by atoms with Gasteiger partial charge >= 0.3 is 0 Å². The number of para-hydroxylation sites is 1. The number of nitro benzene ring substituents is 1. The van der Waals surface area contributed by atoms with Crippen LogP contribution in [-0.2, 0) is 4.79 Å². The molecule has 2 aromatic rings. The van der Waals surface area contributed by atoms with E-state index in [1.54, 1.807) is 25.1 Å². The van der Waals surface area contributed by atoms with Crippen LogP contribution < -0.4 is 11.1 Å². The molecular weight excluding hydrogens is 298 g/mol. The van der Waals surface area contributed by atoms with Crippen LogP contribution in [0, 0.1) is 10.1 Å². The molecule has 0 radical (unpaired) electrons. The van der Waals surface area contributed by atoms with E-state index < -0.39 is 16.7 Å². The number of nitro groups is 1. The van der Waals surface area contributed by atoms with Crippen LogP contribution in [0.4, 0.5) is 11.4 Å². The average molecular weight is 313 g/mol. The van der Waals surface area contributed by atoms with Crippen LogP contribution in [0.15, 0.2) is 48.5 Å². The van der Waals surface area contributed by atoms with Crippen molar-refractivity contribution in [2.24, 2.45) is 5.73 Å². The Labute approximate surface area is 132 Å². The van der Waals surface area contributed by atoms with Crippen molar-refractivity contribution in [2.45, 2.75) is 12.8 Å². The predicted octanol–water partition coefficient (Wildman–Crippen LogP) is 2.44. The van der Waals surface area contributed by atoms with Gasteiger partial charge in [0.05, 0.1) is 22.1 Å². The summed E-state index contributed by atoms with van der Waals surface area (Å²) in [5.41, 5.74) is 6.41. The van der Waals surface area contributed by atoms with E-state index in [0.29, 0.717) is 11.3 Å². The quantitative estimate of drug-likeness (QED) is 0.651. The second kappa shape index (κ2) is 6.69.